The molecule has 7 heteroatoms. The SMILES string of the molecule is C[SH](N)(=O)Cc1c(C#N)c2cc(O)ccc2n1-c1ccc(F)cc1. The van der Waals surface area contributed by atoms with Gasteiger partial charge in [-0.1, -0.05) is 10.1 Å². The molecular weight excluding hydrogens is 329 g/mol. The fourth-order valence-electron chi connectivity index (χ4n) is 2.79. The third-order valence-electron chi connectivity index (χ3n) is 3.71. The van der Waals surface area contributed by atoms with Gasteiger partial charge in [0.1, 0.15) is 17.6 Å². The fraction of sp³-hybridized carbons (Fsp3) is 0.118. The van der Waals surface area contributed by atoms with Crippen LogP contribution in [0.2, 0.25) is 0 Å². The third kappa shape index (κ3) is 2.89. The maximum Gasteiger partial charge on any atom is 0.123 e. The Kier molecular flexibility index (Phi) is 3.87. The molecule has 0 aliphatic heterocycles. The monoisotopic (exact) mass is 345 g/mol. The Hall–Kier alpha value is -2.69. The van der Waals surface area contributed by atoms with Crippen molar-refractivity contribution in [2.75, 3.05) is 6.26 Å². The first kappa shape index (κ1) is 16.2. The van der Waals surface area contributed by atoms with Gasteiger partial charge in [-0.25, -0.2) is 4.39 Å². The van der Waals surface area contributed by atoms with Crippen LogP contribution in [0.25, 0.3) is 16.6 Å². The summed E-state index contributed by atoms with van der Waals surface area (Å²) in [5, 5.41) is 25.6. The van der Waals surface area contributed by atoms with Crippen molar-refractivity contribution in [3.8, 4) is 17.5 Å². The number of phenols is 1. The Balaban J connectivity index is 2.40. The minimum Gasteiger partial charge on any atom is -0.508 e. The van der Waals surface area contributed by atoms with E-state index in [1.807, 2.05) is 0 Å². The van der Waals surface area contributed by atoms with E-state index in [9.17, 15) is 19.0 Å². The molecule has 124 valence electrons. The van der Waals surface area contributed by atoms with Gasteiger partial charge in [0.25, 0.3) is 0 Å². The average Bonchev–Trinajstić information content (AvgIpc) is 2.78. The molecule has 0 aliphatic rings. The van der Waals surface area contributed by atoms with Crippen molar-refractivity contribution < 1.29 is 13.7 Å². The van der Waals surface area contributed by atoms with E-state index in [-0.39, 0.29) is 17.3 Å². The van der Waals surface area contributed by atoms with E-state index in [0.29, 0.717) is 27.8 Å². The highest BCUT2D eigenvalue weighted by Gasteiger charge is 2.21. The second-order valence-electron chi connectivity index (χ2n) is 5.78. The molecule has 0 amide bonds. The number of nitriles is 1. The van der Waals surface area contributed by atoms with Crippen LogP contribution in [0.1, 0.15) is 11.3 Å². The quantitative estimate of drug-likeness (QED) is 0.636. The van der Waals surface area contributed by atoms with Gasteiger partial charge < -0.3 is 9.67 Å². The van der Waals surface area contributed by atoms with Gasteiger partial charge in [-0.2, -0.15) is 5.26 Å². The molecule has 0 radical (unpaired) electrons. The van der Waals surface area contributed by atoms with E-state index in [0.717, 1.165) is 0 Å². The molecule has 24 heavy (non-hydrogen) atoms. The summed E-state index contributed by atoms with van der Waals surface area (Å²) in [6.45, 7) is 0. The Morgan fingerprint density at radius 1 is 1.29 bits per heavy atom. The smallest absolute Gasteiger partial charge is 0.123 e. The van der Waals surface area contributed by atoms with Crippen molar-refractivity contribution in [2.45, 2.75) is 5.75 Å². The highest BCUT2D eigenvalue weighted by atomic mass is 32.3. The molecule has 0 bridgehead atoms. The van der Waals surface area contributed by atoms with Gasteiger partial charge in [-0.15, -0.1) is 0 Å². The summed E-state index contributed by atoms with van der Waals surface area (Å²) >= 11 is 0. The van der Waals surface area contributed by atoms with Crippen LogP contribution in [0.3, 0.4) is 0 Å². The molecule has 0 spiro atoms. The predicted octanol–water partition coefficient (Wildman–Crippen LogP) is 2.37. The van der Waals surface area contributed by atoms with Crippen molar-refractivity contribution in [3.05, 3.63) is 59.5 Å². The lowest BCUT2D eigenvalue weighted by Gasteiger charge is -2.16. The zero-order valence-electron chi connectivity index (χ0n) is 12.9. The molecule has 3 N–H and O–H groups in total. The number of hydrogen-bond donors (Lipinski definition) is 3. The highest BCUT2D eigenvalue weighted by molar-refractivity contribution is 7.99. The van der Waals surface area contributed by atoms with Crippen LogP contribution in [0, 0.1) is 17.1 Å². The fourth-order valence-corrected chi connectivity index (χ4v) is 3.68. The Labute approximate surface area is 139 Å². The van der Waals surface area contributed by atoms with Crippen LogP contribution in [-0.2, 0) is 15.9 Å². The molecule has 3 aromatic rings. The van der Waals surface area contributed by atoms with Gasteiger partial charge in [0.2, 0.25) is 0 Å². The van der Waals surface area contributed by atoms with Crippen LogP contribution >= 0.6 is 0 Å². The number of benzene rings is 2. The van der Waals surface area contributed by atoms with E-state index in [1.54, 1.807) is 22.8 Å². The van der Waals surface area contributed by atoms with Crippen molar-refractivity contribution in [3.63, 3.8) is 0 Å². The van der Waals surface area contributed by atoms with Crippen LogP contribution < -0.4 is 5.14 Å². The van der Waals surface area contributed by atoms with E-state index in [4.69, 9.17) is 5.14 Å². The Morgan fingerprint density at radius 2 is 1.96 bits per heavy atom. The Morgan fingerprint density at radius 3 is 2.54 bits per heavy atom. The minimum atomic E-state index is -2.96. The van der Waals surface area contributed by atoms with E-state index in [1.165, 1.54) is 30.5 Å². The molecule has 0 fully saturated rings. The topological polar surface area (TPSA) is 92.0 Å². The number of thiol groups is 1. The van der Waals surface area contributed by atoms with Gasteiger partial charge in [0.15, 0.2) is 0 Å². The first-order chi connectivity index (χ1) is 11.3. The van der Waals surface area contributed by atoms with E-state index < -0.39 is 10.1 Å². The molecule has 5 nitrogen and oxygen atoms in total. The number of nitrogens with zero attached hydrogens (tertiary/aromatic N) is 2. The number of rotatable bonds is 3. The first-order valence-corrected chi connectivity index (χ1v) is 9.58. The molecule has 0 saturated heterocycles. The summed E-state index contributed by atoms with van der Waals surface area (Å²) < 4.78 is 27.2. The summed E-state index contributed by atoms with van der Waals surface area (Å²) in [4.78, 5) is 0. The molecular formula is C17H16FN3O2S. The number of aromatic hydroxyl groups is 1. The van der Waals surface area contributed by atoms with Crippen molar-refractivity contribution in [1.82, 2.24) is 4.57 Å². The van der Waals surface area contributed by atoms with Gasteiger partial charge in [0.05, 0.1) is 22.5 Å². The molecule has 2 aromatic carbocycles. The molecule has 0 saturated carbocycles. The molecule has 0 unspecified atom stereocenters. The summed E-state index contributed by atoms with van der Waals surface area (Å²) in [7, 11) is -2.96. The standard InChI is InChI=1S/C17H16FN3O2S/c1-24(20,23)10-17-15(9-19)14-8-13(22)6-7-16(14)21(17)12-4-2-11(18)3-5-12/h2-8,22,24H,10H2,1H3,(H2,20,23). The first-order valence-electron chi connectivity index (χ1n) is 7.17. The number of fused-ring (bicyclic) bond motifs is 1. The van der Waals surface area contributed by atoms with E-state index in [2.05, 4.69) is 6.07 Å². The maximum atomic E-state index is 13.3. The minimum absolute atomic E-state index is 0.0166. The maximum absolute atomic E-state index is 13.3. The van der Waals surface area contributed by atoms with Crippen LogP contribution in [0.15, 0.2) is 42.5 Å². The lowest BCUT2D eigenvalue weighted by atomic mass is 10.1. The van der Waals surface area contributed by atoms with Gasteiger partial charge in [0, 0.05) is 17.3 Å². The largest absolute Gasteiger partial charge is 0.508 e. The lowest BCUT2D eigenvalue weighted by Crippen LogP contribution is -2.24. The zero-order valence-corrected chi connectivity index (χ0v) is 13.8. The lowest BCUT2D eigenvalue weighted by molar-refractivity contribution is 0.476. The summed E-state index contributed by atoms with van der Waals surface area (Å²) in [6.07, 6.45) is 1.44. The van der Waals surface area contributed by atoms with Crippen molar-refractivity contribution in [2.24, 2.45) is 5.14 Å². The highest BCUT2D eigenvalue weighted by Crippen LogP contribution is 2.32. The zero-order chi connectivity index (χ0) is 17.5. The van der Waals surface area contributed by atoms with Crippen molar-refractivity contribution in [1.29, 1.82) is 5.26 Å². The number of halogens is 1. The van der Waals surface area contributed by atoms with Gasteiger partial charge >= 0.3 is 0 Å². The number of phenolic OH excluding ortho intramolecular Hbond substituents is 1. The third-order valence-corrected chi connectivity index (χ3v) is 4.64. The van der Waals surface area contributed by atoms with Gasteiger partial charge in [-0.05, 0) is 42.5 Å². The summed E-state index contributed by atoms with van der Waals surface area (Å²) in [5.41, 5.74) is 2.06. The predicted molar refractivity (Wildman–Crippen MR) is 93.0 cm³/mol. The van der Waals surface area contributed by atoms with Crippen molar-refractivity contribution >= 4 is 21.0 Å². The van der Waals surface area contributed by atoms with Crippen LogP contribution in [-0.4, -0.2) is 20.1 Å². The number of nitrogens with two attached hydrogens (primary N) is 1. The summed E-state index contributed by atoms with van der Waals surface area (Å²) in [6, 6.07) is 12.5. The molecule has 0 atom stereocenters. The van der Waals surface area contributed by atoms with Crippen LogP contribution in [0.5, 0.6) is 5.75 Å². The number of aromatic nitrogens is 1. The Bertz CT molecular complexity index is 1010. The normalized spacial score (nSPS) is 12.2. The molecule has 1 aromatic heterocycles. The summed E-state index contributed by atoms with van der Waals surface area (Å²) in [5.74, 6) is -0.341. The van der Waals surface area contributed by atoms with Gasteiger partial charge in [-0.3, -0.25) is 9.35 Å². The molecule has 0 aliphatic carbocycles. The number of hydrogen-bond acceptors (Lipinski definition) is 3. The second kappa shape index (κ2) is 5.74. The molecule has 1 heterocycles. The van der Waals surface area contributed by atoms with Crippen LogP contribution in [0.4, 0.5) is 4.39 Å². The second-order valence-corrected chi connectivity index (χ2v) is 8.44. The van der Waals surface area contributed by atoms with E-state index >= 15 is 0 Å². The molecule has 3 rings (SSSR count). The average molecular weight is 345 g/mol.